The van der Waals surface area contributed by atoms with E-state index in [0.717, 1.165) is 25.0 Å². The maximum atomic E-state index is 13.4. The number of aliphatic imine (C=N–C) groups is 1. The normalized spacial score (nSPS) is 11.7. The monoisotopic (exact) mass is 368 g/mol. The van der Waals surface area contributed by atoms with Gasteiger partial charge in [-0.15, -0.1) is 0 Å². The molecule has 0 aliphatic carbocycles. The molecule has 0 radical (unpaired) electrons. The van der Waals surface area contributed by atoms with Crippen LogP contribution in [0.25, 0.3) is 10.9 Å². The highest BCUT2D eigenvalue weighted by Crippen LogP contribution is 2.22. The van der Waals surface area contributed by atoms with Crippen LogP contribution < -0.4 is 10.6 Å². The Morgan fingerprint density at radius 3 is 2.85 bits per heavy atom. The molecule has 0 fully saturated rings. The number of aromatic nitrogens is 1. The number of halogens is 1. The Bertz CT molecular complexity index is 949. The first kappa shape index (κ1) is 18.8. The van der Waals surface area contributed by atoms with Crippen LogP contribution in [0.2, 0.25) is 0 Å². The van der Waals surface area contributed by atoms with E-state index in [-0.39, 0.29) is 5.75 Å². The number of hydrogen-bond donors (Lipinski definition) is 4. The summed E-state index contributed by atoms with van der Waals surface area (Å²) in [5, 5.41) is 17.1. The van der Waals surface area contributed by atoms with Crippen LogP contribution in [0.4, 0.5) is 4.39 Å². The number of aromatic hydroxyl groups is 1. The second kappa shape index (κ2) is 8.58. The summed E-state index contributed by atoms with van der Waals surface area (Å²) in [6.45, 7) is 5.92. The number of fused-ring (bicyclic) bond motifs is 1. The zero-order chi connectivity index (χ0) is 19.2. The Hall–Kier alpha value is -3.02. The highest BCUT2D eigenvalue weighted by atomic mass is 19.1. The SMILES string of the molecule is CCNC(=NCc1ccc(O)c(F)c1)NCCc1c[nH]c2cccc(C)c12. The average molecular weight is 368 g/mol. The van der Waals surface area contributed by atoms with Crippen molar-refractivity contribution in [1.82, 2.24) is 15.6 Å². The minimum atomic E-state index is -0.629. The Labute approximate surface area is 158 Å². The van der Waals surface area contributed by atoms with Crippen LogP contribution >= 0.6 is 0 Å². The summed E-state index contributed by atoms with van der Waals surface area (Å²) in [5.74, 6) is -0.292. The fourth-order valence-electron chi connectivity index (χ4n) is 3.12. The molecule has 3 rings (SSSR count). The lowest BCUT2D eigenvalue weighted by molar-refractivity contribution is 0.432. The first-order valence-electron chi connectivity index (χ1n) is 9.13. The van der Waals surface area contributed by atoms with E-state index in [1.165, 1.54) is 28.6 Å². The number of H-pyrrole nitrogens is 1. The Morgan fingerprint density at radius 1 is 1.22 bits per heavy atom. The standard InChI is InChI=1S/C21H25FN4O/c1-3-23-21(26-12-15-7-8-19(27)17(22)11-15)24-10-9-16-13-25-18-6-4-5-14(2)20(16)18/h4-8,11,13,25,27H,3,9-10,12H2,1-2H3,(H2,23,24,26). The number of benzene rings is 2. The molecular weight excluding hydrogens is 343 g/mol. The molecule has 2 aromatic carbocycles. The minimum absolute atomic E-state index is 0.332. The van der Waals surface area contributed by atoms with Crippen molar-refractivity contribution in [3.8, 4) is 5.75 Å². The molecule has 0 aliphatic heterocycles. The van der Waals surface area contributed by atoms with Gasteiger partial charge in [-0.3, -0.25) is 0 Å². The molecule has 0 spiro atoms. The van der Waals surface area contributed by atoms with Crippen molar-refractivity contribution in [2.45, 2.75) is 26.8 Å². The van der Waals surface area contributed by atoms with Gasteiger partial charge in [-0.05, 0) is 55.2 Å². The summed E-state index contributed by atoms with van der Waals surface area (Å²) in [5.41, 5.74) is 4.39. The van der Waals surface area contributed by atoms with E-state index in [2.05, 4.69) is 51.9 Å². The molecule has 27 heavy (non-hydrogen) atoms. The summed E-state index contributed by atoms with van der Waals surface area (Å²) in [7, 11) is 0. The van der Waals surface area contributed by atoms with Crippen LogP contribution in [0, 0.1) is 12.7 Å². The van der Waals surface area contributed by atoms with Crippen LogP contribution in [0.1, 0.15) is 23.6 Å². The number of nitrogens with zero attached hydrogens (tertiary/aromatic N) is 1. The maximum Gasteiger partial charge on any atom is 0.191 e. The average Bonchev–Trinajstić information content (AvgIpc) is 3.07. The van der Waals surface area contributed by atoms with Crippen molar-refractivity contribution in [2.24, 2.45) is 4.99 Å². The van der Waals surface area contributed by atoms with Gasteiger partial charge in [0.05, 0.1) is 6.54 Å². The second-order valence-electron chi connectivity index (χ2n) is 6.47. The van der Waals surface area contributed by atoms with Crippen molar-refractivity contribution in [2.75, 3.05) is 13.1 Å². The lowest BCUT2D eigenvalue weighted by atomic mass is 10.1. The molecule has 0 saturated heterocycles. The molecule has 1 aromatic heterocycles. The van der Waals surface area contributed by atoms with E-state index >= 15 is 0 Å². The molecule has 4 N–H and O–H groups in total. The van der Waals surface area contributed by atoms with E-state index in [9.17, 15) is 9.50 Å². The first-order chi connectivity index (χ1) is 13.1. The molecular formula is C21H25FN4O. The van der Waals surface area contributed by atoms with Gasteiger partial charge in [0.15, 0.2) is 17.5 Å². The maximum absolute atomic E-state index is 13.4. The molecule has 142 valence electrons. The quantitative estimate of drug-likeness (QED) is 0.397. The highest BCUT2D eigenvalue weighted by Gasteiger charge is 2.07. The third-order valence-corrected chi connectivity index (χ3v) is 4.46. The van der Waals surface area contributed by atoms with Gasteiger partial charge in [0.2, 0.25) is 0 Å². The molecule has 0 amide bonds. The zero-order valence-electron chi connectivity index (χ0n) is 15.6. The van der Waals surface area contributed by atoms with E-state index in [1.54, 1.807) is 6.07 Å². The number of nitrogens with one attached hydrogen (secondary N) is 3. The van der Waals surface area contributed by atoms with Gasteiger partial charge in [0.25, 0.3) is 0 Å². The van der Waals surface area contributed by atoms with Crippen molar-refractivity contribution in [3.05, 3.63) is 65.1 Å². The van der Waals surface area contributed by atoms with Crippen molar-refractivity contribution < 1.29 is 9.50 Å². The van der Waals surface area contributed by atoms with Gasteiger partial charge in [-0.2, -0.15) is 0 Å². The summed E-state index contributed by atoms with van der Waals surface area (Å²) >= 11 is 0. The third kappa shape index (κ3) is 4.58. The largest absolute Gasteiger partial charge is 0.505 e. The fourth-order valence-corrected chi connectivity index (χ4v) is 3.12. The van der Waals surface area contributed by atoms with Gasteiger partial charge in [-0.1, -0.05) is 18.2 Å². The van der Waals surface area contributed by atoms with Crippen LogP contribution in [0.5, 0.6) is 5.75 Å². The topological polar surface area (TPSA) is 72.4 Å². The predicted molar refractivity (Wildman–Crippen MR) is 108 cm³/mol. The molecule has 0 saturated carbocycles. The third-order valence-electron chi connectivity index (χ3n) is 4.46. The van der Waals surface area contributed by atoms with E-state index < -0.39 is 5.82 Å². The second-order valence-corrected chi connectivity index (χ2v) is 6.47. The number of aromatic amines is 1. The van der Waals surface area contributed by atoms with Crippen LogP contribution in [-0.4, -0.2) is 29.1 Å². The number of phenols is 1. The van der Waals surface area contributed by atoms with Gasteiger partial charge in [-0.25, -0.2) is 9.38 Å². The molecule has 6 heteroatoms. The zero-order valence-corrected chi connectivity index (χ0v) is 15.6. The number of phenolic OH excluding ortho intramolecular Hbond substituents is 1. The Balaban J connectivity index is 1.63. The van der Waals surface area contributed by atoms with Gasteiger partial charge in [0, 0.05) is 30.2 Å². The molecule has 0 atom stereocenters. The predicted octanol–water partition coefficient (Wildman–Crippen LogP) is 3.62. The summed E-state index contributed by atoms with van der Waals surface area (Å²) in [4.78, 5) is 7.81. The molecule has 3 aromatic rings. The van der Waals surface area contributed by atoms with E-state index in [4.69, 9.17) is 0 Å². The minimum Gasteiger partial charge on any atom is -0.505 e. The van der Waals surface area contributed by atoms with Crippen molar-refractivity contribution in [1.29, 1.82) is 0 Å². The number of guanidine groups is 1. The number of hydrogen-bond acceptors (Lipinski definition) is 2. The van der Waals surface area contributed by atoms with Gasteiger partial charge in [0.1, 0.15) is 0 Å². The number of rotatable bonds is 6. The molecule has 5 nitrogen and oxygen atoms in total. The fraction of sp³-hybridized carbons (Fsp3) is 0.286. The first-order valence-corrected chi connectivity index (χ1v) is 9.13. The van der Waals surface area contributed by atoms with Crippen molar-refractivity contribution >= 4 is 16.9 Å². The summed E-state index contributed by atoms with van der Waals surface area (Å²) in [6, 6.07) is 10.6. The molecule has 0 bridgehead atoms. The van der Waals surface area contributed by atoms with Gasteiger partial charge >= 0.3 is 0 Å². The van der Waals surface area contributed by atoms with Crippen molar-refractivity contribution in [3.63, 3.8) is 0 Å². The van der Waals surface area contributed by atoms with Crippen LogP contribution in [0.15, 0.2) is 47.6 Å². The Kier molecular flexibility index (Phi) is 5.96. The summed E-state index contributed by atoms with van der Waals surface area (Å²) < 4.78 is 13.4. The lowest BCUT2D eigenvalue weighted by Crippen LogP contribution is -2.38. The smallest absolute Gasteiger partial charge is 0.191 e. The highest BCUT2D eigenvalue weighted by molar-refractivity contribution is 5.86. The molecule has 0 unspecified atom stereocenters. The summed E-state index contributed by atoms with van der Waals surface area (Å²) in [6.07, 6.45) is 2.92. The Morgan fingerprint density at radius 2 is 2.07 bits per heavy atom. The van der Waals surface area contributed by atoms with Crippen LogP contribution in [0.3, 0.4) is 0 Å². The molecule has 0 aliphatic rings. The van der Waals surface area contributed by atoms with Gasteiger partial charge < -0.3 is 20.7 Å². The van der Waals surface area contributed by atoms with Crippen LogP contribution in [-0.2, 0) is 13.0 Å². The lowest BCUT2D eigenvalue weighted by Gasteiger charge is -2.11. The number of aryl methyl sites for hydroxylation is 1. The van der Waals surface area contributed by atoms with E-state index in [0.29, 0.717) is 18.1 Å². The van der Waals surface area contributed by atoms with E-state index in [1.807, 2.05) is 6.92 Å². The molecule has 1 heterocycles.